The first-order valence-electron chi connectivity index (χ1n) is 7.16. The second-order valence-electron chi connectivity index (χ2n) is 5.80. The van der Waals surface area contributed by atoms with Crippen LogP contribution >= 0.6 is 11.6 Å². The molecule has 1 nitrogen and oxygen atoms in total. The number of hydrogen-bond donors (Lipinski definition) is 1. The lowest BCUT2D eigenvalue weighted by atomic mass is 9.96. The average Bonchev–Trinajstić information content (AvgIpc) is 2.41. The number of halogens is 2. The van der Waals surface area contributed by atoms with Crippen molar-refractivity contribution in [3.8, 4) is 0 Å². The van der Waals surface area contributed by atoms with Crippen LogP contribution < -0.4 is 0 Å². The monoisotopic (exact) mass is 306 g/mol. The van der Waals surface area contributed by atoms with E-state index in [-0.39, 0.29) is 5.82 Å². The van der Waals surface area contributed by atoms with Crippen molar-refractivity contribution in [3.05, 3.63) is 70.0 Å². The summed E-state index contributed by atoms with van der Waals surface area (Å²) in [6.07, 6.45) is 0.724. The molecule has 0 aliphatic carbocycles. The van der Waals surface area contributed by atoms with Crippen LogP contribution in [0.3, 0.4) is 0 Å². The summed E-state index contributed by atoms with van der Waals surface area (Å²) in [5.74, 6) is 0.209. The zero-order valence-corrected chi connectivity index (χ0v) is 13.1. The molecule has 21 heavy (non-hydrogen) atoms. The minimum atomic E-state index is -0.639. The first-order chi connectivity index (χ1) is 9.95. The smallest absolute Gasteiger partial charge is 0.124 e. The Labute approximate surface area is 130 Å². The minimum absolute atomic E-state index is 0.354. The zero-order valence-electron chi connectivity index (χ0n) is 12.3. The molecule has 0 aromatic heterocycles. The van der Waals surface area contributed by atoms with E-state index in [9.17, 15) is 9.50 Å². The molecule has 112 valence electrons. The molecule has 0 radical (unpaired) electrons. The lowest BCUT2D eigenvalue weighted by Gasteiger charge is -2.14. The van der Waals surface area contributed by atoms with Crippen LogP contribution in [0.4, 0.5) is 4.39 Å². The van der Waals surface area contributed by atoms with Gasteiger partial charge in [-0.1, -0.05) is 55.8 Å². The van der Waals surface area contributed by atoms with Gasteiger partial charge in [-0.05, 0) is 41.2 Å². The molecule has 0 aliphatic rings. The van der Waals surface area contributed by atoms with Gasteiger partial charge in [-0.2, -0.15) is 0 Å². The molecule has 2 aromatic carbocycles. The third-order valence-electron chi connectivity index (χ3n) is 3.41. The fourth-order valence-corrected chi connectivity index (χ4v) is 2.66. The van der Waals surface area contributed by atoms with Crippen LogP contribution in [-0.2, 0) is 12.8 Å². The highest BCUT2D eigenvalue weighted by Crippen LogP contribution is 2.25. The van der Waals surface area contributed by atoms with Gasteiger partial charge in [0.05, 0.1) is 6.10 Å². The maximum Gasteiger partial charge on any atom is 0.124 e. The van der Waals surface area contributed by atoms with Crippen LogP contribution in [0.5, 0.6) is 0 Å². The van der Waals surface area contributed by atoms with Gasteiger partial charge in [-0.15, -0.1) is 0 Å². The quantitative estimate of drug-likeness (QED) is 0.828. The van der Waals surface area contributed by atoms with Crippen LogP contribution in [0, 0.1) is 11.7 Å². The summed E-state index contributed by atoms with van der Waals surface area (Å²) >= 11 is 6.01. The molecule has 2 aromatic rings. The topological polar surface area (TPSA) is 20.2 Å². The van der Waals surface area contributed by atoms with Crippen molar-refractivity contribution in [2.45, 2.75) is 32.8 Å². The fraction of sp³-hybridized carbons (Fsp3) is 0.333. The lowest BCUT2D eigenvalue weighted by Crippen LogP contribution is -2.04. The van der Waals surface area contributed by atoms with Crippen molar-refractivity contribution in [1.82, 2.24) is 0 Å². The molecule has 0 fully saturated rings. The van der Waals surface area contributed by atoms with Gasteiger partial charge in [-0.3, -0.25) is 0 Å². The average molecular weight is 307 g/mol. The van der Waals surface area contributed by atoms with Crippen molar-refractivity contribution in [2.24, 2.45) is 5.92 Å². The third-order valence-corrected chi connectivity index (χ3v) is 3.76. The summed E-state index contributed by atoms with van der Waals surface area (Å²) in [6, 6.07) is 12.2. The van der Waals surface area contributed by atoms with E-state index in [0.29, 0.717) is 17.4 Å². The summed E-state index contributed by atoms with van der Waals surface area (Å²) in [5, 5.41) is 10.7. The van der Waals surface area contributed by atoms with E-state index in [1.165, 1.54) is 17.7 Å². The van der Waals surface area contributed by atoms with Gasteiger partial charge in [0.1, 0.15) is 5.82 Å². The molecular formula is C18H20ClFO. The predicted molar refractivity (Wildman–Crippen MR) is 85.1 cm³/mol. The SMILES string of the molecule is CC(C)Cc1cccc(C(O)Cc2ccc(F)cc2Cl)c1. The maximum atomic E-state index is 13.0. The van der Waals surface area contributed by atoms with Crippen molar-refractivity contribution in [1.29, 1.82) is 0 Å². The Morgan fingerprint density at radius 2 is 1.86 bits per heavy atom. The molecule has 3 heteroatoms. The Balaban J connectivity index is 2.14. The number of aliphatic hydroxyl groups excluding tert-OH is 1. The molecule has 0 saturated carbocycles. The molecule has 1 N–H and O–H groups in total. The van der Waals surface area contributed by atoms with Gasteiger partial charge in [0.2, 0.25) is 0 Å². The molecule has 0 amide bonds. The van der Waals surface area contributed by atoms with Gasteiger partial charge < -0.3 is 5.11 Å². The molecule has 0 spiro atoms. The third kappa shape index (κ3) is 4.55. The van der Waals surface area contributed by atoms with Crippen LogP contribution in [0.1, 0.15) is 36.6 Å². The highest BCUT2D eigenvalue weighted by molar-refractivity contribution is 6.31. The summed E-state index contributed by atoms with van der Waals surface area (Å²) in [6.45, 7) is 4.34. The molecular weight excluding hydrogens is 287 g/mol. The molecule has 0 aliphatic heterocycles. The van der Waals surface area contributed by atoms with E-state index in [2.05, 4.69) is 19.9 Å². The fourth-order valence-electron chi connectivity index (χ4n) is 2.41. The largest absolute Gasteiger partial charge is 0.388 e. The molecule has 1 atom stereocenters. The molecule has 0 heterocycles. The van der Waals surface area contributed by atoms with E-state index in [1.54, 1.807) is 6.07 Å². The Kier molecular flexibility index (Phi) is 5.38. The highest BCUT2D eigenvalue weighted by Gasteiger charge is 2.12. The van der Waals surface area contributed by atoms with Crippen molar-refractivity contribution in [3.63, 3.8) is 0 Å². The minimum Gasteiger partial charge on any atom is -0.388 e. The molecule has 1 unspecified atom stereocenters. The zero-order chi connectivity index (χ0) is 15.4. The second-order valence-corrected chi connectivity index (χ2v) is 6.21. The number of hydrogen-bond acceptors (Lipinski definition) is 1. The first kappa shape index (κ1) is 16.0. The molecule has 0 saturated heterocycles. The number of benzene rings is 2. The van der Waals surface area contributed by atoms with Crippen molar-refractivity contribution >= 4 is 11.6 Å². The summed E-state index contributed by atoms with van der Waals surface area (Å²) in [5.41, 5.74) is 2.83. The Morgan fingerprint density at radius 3 is 2.52 bits per heavy atom. The van der Waals surface area contributed by atoms with E-state index >= 15 is 0 Å². The Morgan fingerprint density at radius 1 is 1.10 bits per heavy atom. The van der Waals surface area contributed by atoms with E-state index in [4.69, 9.17) is 11.6 Å². The number of rotatable bonds is 5. The number of aliphatic hydroxyl groups is 1. The first-order valence-corrected chi connectivity index (χ1v) is 7.54. The van der Waals surface area contributed by atoms with Crippen LogP contribution in [0.2, 0.25) is 5.02 Å². The van der Waals surface area contributed by atoms with E-state index in [0.717, 1.165) is 17.5 Å². The molecule has 2 rings (SSSR count). The maximum absolute atomic E-state index is 13.0. The van der Waals surface area contributed by atoms with Crippen molar-refractivity contribution < 1.29 is 9.50 Å². The van der Waals surface area contributed by atoms with Gasteiger partial charge in [0, 0.05) is 11.4 Å². The second kappa shape index (κ2) is 7.06. The van der Waals surface area contributed by atoms with Gasteiger partial charge in [0.15, 0.2) is 0 Å². The Bertz CT molecular complexity index is 610. The molecule has 0 bridgehead atoms. The van der Waals surface area contributed by atoms with Gasteiger partial charge in [-0.25, -0.2) is 4.39 Å². The Hall–Kier alpha value is -1.38. The van der Waals surface area contributed by atoms with Crippen molar-refractivity contribution in [2.75, 3.05) is 0 Å². The standard InChI is InChI=1S/C18H20ClFO/c1-12(2)8-13-4-3-5-15(9-13)18(21)10-14-6-7-16(20)11-17(14)19/h3-7,9,11-12,18,21H,8,10H2,1-2H3. The summed E-state index contributed by atoms with van der Waals surface area (Å²) in [7, 11) is 0. The van der Waals surface area contributed by atoms with Crippen LogP contribution in [0.25, 0.3) is 0 Å². The summed E-state index contributed by atoms with van der Waals surface area (Å²) in [4.78, 5) is 0. The lowest BCUT2D eigenvalue weighted by molar-refractivity contribution is 0.178. The van der Waals surface area contributed by atoms with Crippen LogP contribution in [-0.4, -0.2) is 5.11 Å². The van der Waals surface area contributed by atoms with Crippen LogP contribution in [0.15, 0.2) is 42.5 Å². The van der Waals surface area contributed by atoms with E-state index < -0.39 is 6.10 Å². The van der Waals surface area contributed by atoms with Gasteiger partial charge >= 0.3 is 0 Å². The van der Waals surface area contributed by atoms with E-state index in [1.807, 2.05) is 18.2 Å². The normalized spacial score (nSPS) is 12.7. The summed E-state index contributed by atoms with van der Waals surface area (Å²) < 4.78 is 13.0. The predicted octanol–water partition coefficient (Wildman–Crippen LogP) is 4.95. The van der Waals surface area contributed by atoms with Gasteiger partial charge in [0.25, 0.3) is 0 Å². The highest BCUT2D eigenvalue weighted by atomic mass is 35.5.